The molecule has 0 saturated heterocycles. The SMILES string of the molecule is CCCC1(CCC)Oc2cccc(C(=O)c3ccc(F)cc3)c2CC1N. The predicted molar refractivity (Wildman–Crippen MR) is 101 cm³/mol. The van der Waals surface area contributed by atoms with Crippen LogP contribution >= 0.6 is 0 Å². The van der Waals surface area contributed by atoms with Crippen molar-refractivity contribution in [2.45, 2.75) is 57.6 Å². The lowest BCUT2D eigenvalue weighted by Crippen LogP contribution is -2.56. The molecule has 2 aromatic rings. The van der Waals surface area contributed by atoms with Gasteiger partial charge in [0, 0.05) is 22.7 Å². The predicted octanol–water partition coefficient (Wildman–Crippen LogP) is 4.66. The lowest BCUT2D eigenvalue weighted by Gasteiger charge is -2.44. The monoisotopic (exact) mass is 355 g/mol. The van der Waals surface area contributed by atoms with Gasteiger partial charge in [-0.2, -0.15) is 0 Å². The lowest BCUT2D eigenvalue weighted by molar-refractivity contribution is 0.00932. The van der Waals surface area contributed by atoms with Gasteiger partial charge in [-0.05, 0) is 49.6 Å². The molecule has 0 spiro atoms. The van der Waals surface area contributed by atoms with Crippen LogP contribution in [0.25, 0.3) is 0 Å². The lowest BCUT2D eigenvalue weighted by atomic mass is 9.78. The first-order valence-electron chi connectivity index (χ1n) is 9.37. The molecule has 1 aliphatic rings. The summed E-state index contributed by atoms with van der Waals surface area (Å²) in [5.74, 6) is 0.267. The molecule has 3 rings (SSSR count). The minimum absolute atomic E-state index is 0.129. The van der Waals surface area contributed by atoms with E-state index in [0.717, 1.165) is 37.0 Å². The van der Waals surface area contributed by atoms with E-state index in [-0.39, 0.29) is 23.2 Å². The number of ketones is 1. The fourth-order valence-corrected chi connectivity index (χ4v) is 3.99. The minimum atomic E-state index is -0.367. The fourth-order valence-electron chi connectivity index (χ4n) is 3.99. The Labute approximate surface area is 154 Å². The quantitative estimate of drug-likeness (QED) is 0.767. The van der Waals surface area contributed by atoms with Crippen molar-refractivity contribution in [1.82, 2.24) is 0 Å². The van der Waals surface area contributed by atoms with Crippen LogP contribution in [0.3, 0.4) is 0 Å². The van der Waals surface area contributed by atoms with E-state index in [1.54, 1.807) is 6.07 Å². The van der Waals surface area contributed by atoms with Crippen LogP contribution in [0.2, 0.25) is 0 Å². The van der Waals surface area contributed by atoms with E-state index in [9.17, 15) is 9.18 Å². The van der Waals surface area contributed by atoms with Gasteiger partial charge < -0.3 is 10.5 Å². The molecule has 0 aliphatic carbocycles. The maximum atomic E-state index is 13.2. The van der Waals surface area contributed by atoms with Gasteiger partial charge >= 0.3 is 0 Å². The summed E-state index contributed by atoms with van der Waals surface area (Å²) in [4.78, 5) is 12.9. The van der Waals surface area contributed by atoms with E-state index in [0.29, 0.717) is 17.5 Å². The second-order valence-electron chi connectivity index (χ2n) is 7.10. The summed E-state index contributed by atoms with van der Waals surface area (Å²) in [5, 5.41) is 0. The Morgan fingerprint density at radius 1 is 1.15 bits per heavy atom. The molecular formula is C22H26FNO2. The van der Waals surface area contributed by atoms with Crippen LogP contribution in [0.15, 0.2) is 42.5 Å². The highest BCUT2D eigenvalue weighted by Crippen LogP contribution is 2.40. The first kappa shape index (κ1) is 18.6. The Kier molecular flexibility index (Phi) is 5.42. The Bertz CT molecular complexity index is 779. The van der Waals surface area contributed by atoms with Crippen LogP contribution in [0.1, 0.15) is 61.0 Å². The third kappa shape index (κ3) is 3.38. The largest absolute Gasteiger partial charge is 0.485 e. The van der Waals surface area contributed by atoms with E-state index in [2.05, 4.69) is 13.8 Å². The molecule has 1 atom stereocenters. The molecule has 26 heavy (non-hydrogen) atoms. The number of halogens is 1. The summed E-state index contributed by atoms with van der Waals surface area (Å²) in [6.45, 7) is 4.27. The van der Waals surface area contributed by atoms with Crippen LogP contribution in [0.5, 0.6) is 5.75 Å². The summed E-state index contributed by atoms with van der Waals surface area (Å²) in [7, 11) is 0. The third-order valence-electron chi connectivity index (χ3n) is 5.24. The van der Waals surface area contributed by atoms with Crippen LogP contribution < -0.4 is 10.5 Å². The van der Waals surface area contributed by atoms with Crippen LogP contribution in [-0.4, -0.2) is 17.4 Å². The molecule has 0 amide bonds. The first-order chi connectivity index (χ1) is 12.5. The zero-order valence-electron chi connectivity index (χ0n) is 15.4. The summed E-state index contributed by atoms with van der Waals surface area (Å²) in [5.41, 5.74) is 8.09. The van der Waals surface area contributed by atoms with Crippen molar-refractivity contribution in [3.05, 3.63) is 65.0 Å². The molecule has 2 aromatic carbocycles. The summed E-state index contributed by atoms with van der Waals surface area (Å²) in [6.07, 6.45) is 4.40. The molecule has 0 fully saturated rings. The standard InChI is InChI=1S/C22H26FNO2/c1-3-12-22(13-4-2)20(24)14-18-17(6-5-7-19(18)26-22)21(25)15-8-10-16(23)11-9-15/h5-11,20H,3-4,12-14,24H2,1-2H3. The zero-order chi connectivity index (χ0) is 18.7. The van der Waals surface area contributed by atoms with Crippen LogP contribution in [0.4, 0.5) is 4.39 Å². The molecule has 138 valence electrons. The maximum Gasteiger partial charge on any atom is 0.193 e. The second-order valence-corrected chi connectivity index (χ2v) is 7.10. The summed E-state index contributed by atoms with van der Waals surface area (Å²) < 4.78 is 19.6. The van der Waals surface area contributed by atoms with E-state index >= 15 is 0 Å². The highest BCUT2D eigenvalue weighted by Gasteiger charge is 2.42. The number of ether oxygens (including phenoxy) is 1. The molecule has 3 nitrogen and oxygen atoms in total. The number of benzene rings is 2. The van der Waals surface area contributed by atoms with Crippen molar-refractivity contribution in [3.63, 3.8) is 0 Å². The molecular weight excluding hydrogens is 329 g/mol. The molecule has 1 heterocycles. The van der Waals surface area contributed by atoms with Crippen LogP contribution in [-0.2, 0) is 6.42 Å². The van der Waals surface area contributed by atoms with Gasteiger partial charge in [-0.3, -0.25) is 4.79 Å². The van der Waals surface area contributed by atoms with Crippen molar-refractivity contribution in [2.24, 2.45) is 5.73 Å². The van der Waals surface area contributed by atoms with Gasteiger partial charge in [-0.25, -0.2) is 4.39 Å². The van der Waals surface area contributed by atoms with Gasteiger partial charge in [0.25, 0.3) is 0 Å². The van der Waals surface area contributed by atoms with E-state index in [4.69, 9.17) is 10.5 Å². The Hall–Kier alpha value is -2.20. The molecule has 0 saturated carbocycles. The number of hydrogen-bond acceptors (Lipinski definition) is 3. The minimum Gasteiger partial charge on any atom is -0.485 e. The van der Waals surface area contributed by atoms with Gasteiger partial charge in [0.05, 0.1) is 0 Å². The second kappa shape index (κ2) is 7.58. The van der Waals surface area contributed by atoms with Crippen molar-refractivity contribution in [3.8, 4) is 5.75 Å². The highest BCUT2D eigenvalue weighted by atomic mass is 19.1. The normalized spacial score (nSPS) is 18.1. The van der Waals surface area contributed by atoms with Crippen molar-refractivity contribution in [1.29, 1.82) is 0 Å². The van der Waals surface area contributed by atoms with Crippen molar-refractivity contribution in [2.75, 3.05) is 0 Å². The molecule has 4 heteroatoms. The molecule has 1 unspecified atom stereocenters. The first-order valence-corrected chi connectivity index (χ1v) is 9.37. The molecule has 0 aromatic heterocycles. The van der Waals surface area contributed by atoms with Crippen molar-refractivity contribution >= 4 is 5.78 Å². The maximum absolute atomic E-state index is 13.2. The van der Waals surface area contributed by atoms with Gasteiger partial charge in [0.15, 0.2) is 5.78 Å². The Balaban J connectivity index is 1.99. The summed E-state index contributed by atoms with van der Waals surface area (Å²) >= 11 is 0. The van der Waals surface area contributed by atoms with Gasteiger partial charge in [0.1, 0.15) is 17.2 Å². The third-order valence-corrected chi connectivity index (χ3v) is 5.24. The number of carbonyl (C=O) groups excluding carboxylic acids is 1. The fraction of sp³-hybridized carbons (Fsp3) is 0.409. The molecule has 0 bridgehead atoms. The molecule has 0 radical (unpaired) electrons. The number of hydrogen-bond donors (Lipinski definition) is 1. The average Bonchev–Trinajstić information content (AvgIpc) is 2.63. The Morgan fingerprint density at radius 2 is 1.81 bits per heavy atom. The highest BCUT2D eigenvalue weighted by molar-refractivity contribution is 6.10. The zero-order valence-corrected chi connectivity index (χ0v) is 15.4. The van der Waals surface area contributed by atoms with Crippen molar-refractivity contribution < 1.29 is 13.9 Å². The van der Waals surface area contributed by atoms with E-state index in [1.165, 1.54) is 24.3 Å². The van der Waals surface area contributed by atoms with Gasteiger partial charge in [-0.15, -0.1) is 0 Å². The number of nitrogens with two attached hydrogens (primary N) is 1. The molecule has 2 N–H and O–H groups in total. The number of carbonyl (C=O) groups is 1. The van der Waals surface area contributed by atoms with E-state index < -0.39 is 0 Å². The van der Waals surface area contributed by atoms with Crippen LogP contribution in [0, 0.1) is 5.82 Å². The van der Waals surface area contributed by atoms with Gasteiger partial charge in [0.2, 0.25) is 0 Å². The molecule has 1 aliphatic heterocycles. The average molecular weight is 355 g/mol. The Morgan fingerprint density at radius 3 is 2.42 bits per heavy atom. The number of fused-ring (bicyclic) bond motifs is 1. The smallest absolute Gasteiger partial charge is 0.193 e. The summed E-state index contributed by atoms with van der Waals surface area (Å²) in [6, 6.07) is 11.0. The topological polar surface area (TPSA) is 52.3 Å². The number of rotatable bonds is 6. The van der Waals surface area contributed by atoms with E-state index in [1.807, 2.05) is 12.1 Å². The van der Waals surface area contributed by atoms with Gasteiger partial charge in [-0.1, -0.05) is 38.8 Å².